The lowest BCUT2D eigenvalue weighted by atomic mass is 9.78. The van der Waals surface area contributed by atoms with E-state index in [1.54, 1.807) is 0 Å². The van der Waals surface area contributed by atoms with E-state index >= 15 is 0 Å². The number of aliphatic imine (C=N–C) groups is 1. The van der Waals surface area contributed by atoms with Gasteiger partial charge in [-0.15, -0.1) is 0 Å². The molecule has 9 heteroatoms. The van der Waals surface area contributed by atoms with Crippen LogP contribution in [0.25, 0.3) is 0 Å². The first-order chi connectivity index (χ1) is 14.6. The van der Waals surface area contributed by atoms with Crippen LogP contribution in [0, 0.1) is 5.92 Å². The molecule has 4 rings (SSSR count). The molecule has 0 atom stereocenters. The van der Waals surface area contributed by atoms with Crippen LogP contribution in [-0.4, -0.2) is 42.5 Å². The van der Waals surface area contributed by atoms with E-state index in [9.17, 15) is 8.42 Å². The third-order valence-electron chi connectivity index (χ3n) is 6.10. The number of anilines is 1. The van der Waals surface area contributed by atoms with Gasteiger partial charge in [0.05, 0.1) is 12.0 Å². The summed E-state index contributed by atoms with van der Waals surface area (Å²) in [6.45, 7) is 4.47. The Balaban J connectivity index is 1.47. The SMILES string of the molecule is CC1(C)Oc2ncnc(N)c2N=C1c1ccc(C2CCC(CNS(C)(=O)=O)CC2)cc1. The van der Waals surface area contributed by atoms with E-state index in [0.717, 1.165) is 37.0 Å². The smallest absolute Gasteiger partial charge is 0.246 e. The number of benzene rings is 1. The molecule has 1 saturated carbocycles. The van der Waals surface area contributed by atoms with Crippen molar-refractivity contribution in [1.29, 1.82) is 0 Å². The number of nitrogens with two attached hydrogens (primary N) is 1. The average molecular weight is 444 g/mol. The molecule has 1 aromatic carbocycles. The van der Waals surface area contributed by atoms with Gasteiger partial charge in [-0.1, -0.05) is 24.3 Å². The highest BCUT2D eigenvalue weighted by atomic mass is 32.2. The summed E-state index contributed by atoms with van der Waals surface area (Å²) in [4.78, 5) is 12.9. The average Bonchev–Trinajstić information content (AvgIpc) is 2.71. The molecular weight excluding hydrogens is 414 g/mol. The molecule has 1 aromatic heterocycles. The van der Waals surface area contributed by atoms with Gasteiger partial charge >= 0.3 is 0 Å². The lowest BCUT2D eigenvalue weighted by Crippen LogP contribution is -2.41. The van der Waals surface area contributed by atoms with Crippen molar-refractivity contribution in [3.8, 4) is 5.88 Å². The summed E-state index contributed by atoms with van der Waals surface area (Å²) < 4.78 is 31.3. The topological polar surface area (TPSA) is 120 Å². The quantitative estimate of drug-likeness (QED) is 0.732. The van der Waals surface area contributed by atoms with Gasteiger partial charge in [0, 0.05) is 12.1 Å². The van der Waals surface area contributed by atoms with E-state index < -0.39 is 15.6 Å². The Morgan fingerprint density at radius 3 is 2.45 bits per heavy atom. The molecular formula is C22H29N5O3S. The molecule has 1 fully saturated rings. The van der Waals surface area contributed by atoms with E-state index in [0.29, 0.717) is 35.8 Å². The van der Waals surface area contributed by atoms with E-state index in [2.05, 4.69) is 39.0 Å². The zero-order valence-electron chi connectivity index (χ0n) is 18.1. The molecule has 1 aliphatic carbocycles. The summed E-state index contributed by atoms with van der Waals surface area (Å²) >= 11 is 0. The summed E-state index contributed by atoms with van der Waals surface area (Å²) in [6, 6.07) is 8.49. The number of nitrogens with one attached hydrogen (secondary N) is 1. The Morgan fingerprint density at radius 2 is 1.81 bits per heavy atom. The Hall–Kier alpha value is -2.52. The second-order valence-corrected chi connectivity index (χ2v) is 10.8. The van der Waals surface area contributed by atoms with Crippen LogP contribution >= 0.6 is 0 Å². The van der Waals surface area contributed by atoms with Crippen molar-refractivity contribution >= 4 is 27.2 Å². The van der Waals surface area contributed by atoms with Gasteiger partial charge < -0.3 is 10.5 Å². The monoisotopic (exact) mass is 443 g/mol. The highest BCUT2D eigenvalue weighted by Crippen LogP contribution is 2.40. The third-order valence-corrected chi connectivity index (χ3v) is 6.79. The van der Waals surface area contributed by atoms with Gasteiger partial charge in [-0.05, 0) is 56.9 Å². The molecule has 2 heterocycles. The minimum Gasteiger partial charge on any atom is -0.463 e. The van der Waals surface area contributed by atoms with E-state index in [-0.39, 0.29) is 0 Å². The lowest BCUT2D eigenvalue weighted by Gasteiger charge is -2.32. The van der Waals surface area contributed by atoms with Gasteiger partial charge in [0.15, 0.2) is 11.5 Å². The number of aromatic nitrogens is 2. The summed E-state index contributed by atoms with van der Waals surface area (Å²) in [5.74, 6) is 1.61. The molecule has 0 spiro atoms. The maximum atomic E-state index is 11.3. The molecule has 0 radical (unpaired) electrons. The fraction of sp³-hybridized carbons (Fsp3) is 0.500. The molecule has 0 saturated heterocycles. The zero-order valence-corrected chi connectivity index (χ0v) is 18.9. The van der Waals surface area contributed by atoms with E-state index in [1.165, 1.54) is 18.1 Å². The maximum absolute atomic E-state index is 11.3. The number of sulfonamides is 1. The summed E-state index contributed by atoms with van der Waals surface area (Å²) in [7, 11) is -3.12. The van der Waals surface area contributed by atoms with Gasteiger partial charge in [-0.2, -0.15) is 4.98 Å². The number of rotatable bonds is 5. The maximum Gasteiger partial charge on any atom is 0.246 e. The normalized spacial score (nSPS) is 22.9. The second-order valence-electron chi connectivity index (χ2n) is 8.95. The highest BCUT2D eigenvalue weighted by Gasteiger charge is 2.35. The number of nitrogens with zero attached hydrogens (tertiary/aromatic N) is 3. The van der Waals surface area contributed by atoms with Crippen molar-refractivity contribution in [3.05, 3.63) is 41.7 Å². The Kier molecular flexibility index (Phi) is 5.74. The lowest BCUT2D eigenvalue weighted by molar-refractivity contribution is 0.171. The van der Waals surface area contributed by atoms with Gasteiger partial charge in [0.2, 0.25) is 15.9 Å². The first-order valence-electron chi connectivity index (χ1n) is 10.6. The van der Waals surface area contributed by atoms with Crippen LogP contribution in [0.4, 0.5) is 11.5 Å². The molecule has 3 N–H and O–H groups in total. The van der Waals surface area contributed by atoms with Crippen molar-refractivity contribution < 1.29 is 13.2 Å². The number of hydrogen-bond acceptors (Lipinski definition) is 7. The van der Waals surface area contributed by atoms with E-state index in [1.807, 2.05) is 13.8 Å². The number of fused-ring (bicyclic) bond motifs is 1. The zero-order chi connectivity index (χ0) is 22.2. The van der Waals surface area contributed by atoms with Crippen molar-refractivity contribution in [2.75, 3.05) is 18.5 Å². The van der Waals surface area contributed by atoms with Gasteiger partial charge in [0.1, 0.15) is 11.9 Å². The highest BCUT2D eigenvalue weighted by molar-refractivity contribution is 7.88. The van der Waals surface area contributed by atoms with Crippen LogP contribution in [0.5, 0.6) is 5.88 Å². The fourth-order valence-corrected chi connectivity index (χ4v) is 4.92. The van der Waals surface area contributed by atoms with Crippen molar-refractivity contribution in [2.45, 2.75) is 51.0 Å². The largest absolute Gasteiger partial charge is 0.463 e. The van der Waals surface area contributed by atoms with Crippen LogP contribution in [0.3, 0.4) is 0 Å². The summed E-state index contributed by atoms with van der Waals surface area (Å²) in [6.07, 6.45) is 6.77. The van der Waals surface area contributed by atoms with Crippen LogP contribution in [-0.2, 0) is 10.0 Å². The van der Waals surface area contributed by atoms with Crippen LogP contribution in [0.1, 0.15) is 56.6 Å². The number of nitrogen functional groups attached to an aromatic ring is 1. The van der Waals surface area contributed by atoms with Gasteiger partial charge in [-0.3, -0.25) is 0 Å². The molecule has 31 heavy (non-hydrogen) atoms. The third kappa shape index (κ3) is 4.88. The molecule has 0 amide bonds. The second kappa shape index (κ2) is 8.20. The van der Waals surface area contributed by atoms with Crippen molar-refractivity contribution in [3.63, 3.8) is 0 Å². The van der Waals surface area contributed by atoms with Crippen molar-refractivity contribution in [2.24, 2.45) is 10.9 Å². The fourth-order valence-electron chi connectivity index (χ4n) is 4.39. The first kappa shape index (κ1) is 21.7. The Morgan fingerprint density at radius 1 is 1.13 bits per heavy atom. The summed E-state index contributed by atoms with van der Waals surface area (Å²) in [5.41, 5.74) is 8.89. The molecule has 2 aliphatic rings. The van der Waals surface area contributed by atoms with E-state index in [4.69, 9.17) is 15.5 Å². The van der Waals surface area contributed by atoms with Crippen LogP contribution in [0.2, 0.25) is 0 Å². The van der Waals surface area contributed by atoms with Crippen LogP contribution in [0.15, 0.2) is 35.6 Å². The molecule has 2 aromatic rings. The van der Waals surface area contributed by atoms with Crippen LogP contribution < -0.4 is 15.2 Å². The predicted octanol–water partition coefficient (Wildman–Crippen LogP) is 3.17. The molecule has 8 nitrogen and oxygen atoms in total. The Labute approximate surface area is 183 Å². The first-order valence-corrected chi connectivity index (χ1v) is 12.4. The molecule has 166 valence electrons. The predicted molar refractivity (Wildman–Crippen MR) is 121 cm³/mol. The molecule has 1 aliphatic heterocycles. The minimum atomic E-state index is -3.12. The summed E-state index contributed by atoms with van der Waals surface area (Å²) in [5, 5.41) is 0. The van der Waals surface area contributed by atoms with Gasteiger partial charge in [-0.25, -0.2) is 23.1 Å². The molecule has 0 unspecified atom stereocenters. The van der Waals surface area contributed by atoms with Gasteiger partial charge in [0.25, 0.3) is 0 Å². The number of hydrogen-bond donors (Lipinski definition) is 2. The number of ether oxygens (including phenoxy) is 1. The minimum absolute atomic E-state index is 0.303. The standard InChI is InChI=1S/C22H29N5O3S/c1-22(2)19(27-18-20(23)24-13-25-21(18)30-22)17-10-8-16(9-11-17)15-6-4-14(5-7-15)12-26-31(3,28)29/h8-11,13-15,26H,4-7,12H2,1-3H3,(H2,23,24,25). The molecule has 0 bridgehead atoms. The van der Waals surface area contributed by atoms with Crippen molar-refractivity contribution in [1.82, 2.24) is 14.7 Å². The Bertz CT molecular complexity index is 1090.